The van der Waals surface area contributed by atoms with Gasteiger partial charge in [0.25, 0.3) is 0 Å². The maximum atomic E-state index is 5.41. The molecule has 0 saturated heterocycles. The number of nitrogen functional groups attached to an aromatic ring is 1. The summed E-state index contributed by atoms with van der Waals surface area (Å²) >= 11 is 1.60. The van der Waals surface area contributed by atoms with Gasteiger partial charge in [0.05, 0.1) is 5.39 Å². The van der Waals surface area contributed by atoms with E-state index >= 15 is 0 Å². The highest BCUT2D eigenvalue weighted by Crippen LogP contribution is 2.26. The van der Waals surface area contributed by atoms with Crippen LogP contribution in [-0.2, 0) is 0 Å². The van der Waals surface area contributed by atoms with Gasteiger partial charge in [0.1, 0.15) is 10.7 Å². The molecule has 0 aromatic carbocycles. The van der Waals surface area contributed by atoms with E-state index in [-0.39, 0.29) is 0 Å². The molecule has 0 bridgehead atoms. The van der Waals surface area contributed by atoms with Crippen LogP contribution in [-0.4, -0.2) is 9.97 Å². The van der Waals surface area contributed by atoms with E-state index in [9.17, 15) is 0 Å². The molecule has 5 heteroatoms. The molecule has 0 unspecified atom stereocenters. The van der Waals surface area contributed by atoms with Gasteiger partial charge in [0, 0.05) is 5.92 Å². The fraction of sp³-hybridized carbons (Fsp3) is 0.333. The van der Waals surface area contributed by atoms with E-state index in [1.54, 1.807) is 11.3 Å². The lowest BCUT2D eigenvalue weighted by Crippen LogP contribution is -2.11. The second-order valence-electron chi connectivity index (χ2n) is 3.37. The zero-order valence-electron chi connectivity index (χ0n) is 8.11. The Hall–Kier alpha value is -1.20. The number of rotatable bonds is 2. The lowest BCUT2D eigenvalue weighted by molar-refractivity contribution is 0.785. The Bertz CT molecular complexity index is 449. The standard InChI is InChI=1S/C9H12N4S/c1-5(2)7-11-8(13-10)6-3-4-14-9(6)12-7/h3-5H,10H2,1-2H3,(H,11,12,13). The minimum atomic E-state index is 0.314. The van der Waals surface area contributed by atoms with E-state index in [1.165, 1.54) is 0 Å². The van der Waals surface area contributed by atoms with Gasteiger partial charge in [-0.1, -0.05) is 13.8 Å². The van der Waals surface area contributed by atoms with Crippen LogP contribution in [0.4, 0.5) is 5.82 Å². The molecule has 0 aliphatic heterocycles. The number of thiophene rings is 1. The molecule has 2 heterocycles. The first-order chi connectivity index (χ1) is 6.72. The maximum absolute atomic E-state index is 5.41. The molecule has 0 aliphatic carbocycles. The van der Waals surface area contributed by atoms with Gasteiger partial charge in [0.2, 0.25) is 0 Å². The van der Waals surface area contributed by atoms with Gasteiger partial charge >= 0.3 is 0 Å². The average Bonchev–Trinajstić information content (AvgIpc) is 2.63. The molecule has 4 nitrogen and oxygen atoms in total. The average molecular weight is 208 g/mol. The summed E-state index contributed by atoms with van der Waals surface area (Å²) in [5, 5.41) is 2.98. The number of nitrogens with two attached hydrogens (primary N) is 1. The van der Waals surface area contributed by atoms with Crippen molar-refractivity contribution in [1.29, 1.82) is 0 Å². The molecule has 0 aliphatic rings. The summed E-state index contributed by atoms with van der Waals surface area (Å²) in [6.45, 7) is 4.13. The highest BCUT2D eigenvalue weighted by molar-refractivity contribution is 7.16. The second-order valence-corrected chi connectivity index (χ2v) is 4.26. The lowest BCUT2D eigenvalue weighted by atomic mass is 10.2. The van der Waals surface area contributed by atoms with Crippen molar-refractivity contribution in [3.8, 4) is 0 Å². The highest BCUT2D eigenvalue weighted by atomic mass is 32.1. The van der Waals surface area contributed by atoms with Gasteiger partial charge in [-0.25, -0.2) is 15.8 Å². The SMILES string of the molecule is CC(C)c1nc(NN)c2ccsc2n1. The number of hydrogen-bond donors (Lipinski definition) is 2. The van der Waals surface area contributed by atoms with Crippen molar-refractivity contribution in [1.82, 2.24) is 9.97 Å². The van der Waals surface area contributed by atoms with Crippen LogP contribution >= 0.6 is 11.3 Å². The number of hydrogen-bond acceptors (Lipinski definition) is 5. The Kier molecular flexibility index (Phi) is 2.35. The molecule has 3 N–H and O–H groups in total. The van der Waals surface area contributed by atoms with Crippen LogP contribution in [0.15, 0.2) is 11.4 Å². The molecule has 0 radical (unpaired) electrons. The van der Waals surface area contributed by atoms with Crippen LogP contribution in [0.2, 0.25) is 0 Å². The molecule has 0 amide bonds. The third-order valence-electron chi connectivity index (χ3n) is 2.00. The highest BCUT2D eigenvalue weighted by Gasteiger charge is 2.09. The van der Waals surface area contributed by atoms with Crippen LogP contribution in [0, 0.1) is 0 Å². The Morgan fingerprint density at radius 2 is 2.21 bits per heavy atom. The first-order valence-corrected chi connectivity index (χ1v) is 5.32. The monoisotopic (exact) mass is 208 g/mol. The van der Waals surface area contributed by atoms with Crippen molar-refractivity contribution in [2.24, 2.45) is 5.84 Å². The Balaban J connectivity index is 2.67. The largest absolute Gasteiger partial charge is 0.308 e. The van der Waals surface area contributed by atoms with E-state index in [0.717, 1.165) is 16.0 Å². The molecule has 0 spiro atoms. The minimum Gasteiger partial charge on any atom is -0.308 e. The molecule has 74 valence electrons. The van der Waals surface area contributed by atoms with Crippen molar-refractivity contribution in [2.45, 2.75) is 19.8 Å². The summed E-state index contributed by atoms with van der Waals surface area (Å²) < 4.78 is 0. The molecule has 0 atom stereocenters. The first kappa shape index (κ1) is 9.36. The topological polar surface area (TPSA) is 63.8 Å². The van der Waals surface area contributed by atoms with Crippen LogP contribution in [0.25, 0.3) is 10.2 Å². The zero-order valence-corrected chi connectivity index (χ0v) is 8.93. The lowest BCUT2D eigenvalue weighted by Gasteiger charge is -2.06. The Morgan fingerprint density at radius 1 is 1.43 bits per heavy atom. The van der Waals surface area contributed by atoms with E-state index < -0.39 is 0 Å². The molecule has 2 rings (SSSR count). The summed E-state index contributed by atoms with van der Waals surface area (Å²) in [7, 11) is 0. The van der Waals surface area contributed by atoms with Crippen molar-refractivity contribution in [3.63, 3.8) is 0 Å². The summed E-state index contributed by atoms with van der Waals surface area (Å²) in [4.78, 5) is 9.79. The minimum absolute atomic E-state index is 0.314. The zero-order chi connectivity index (χ0) is 10.1. The molecule has 2 aromatic rings. The summed E-state index contributed by atoms with van der Waals surface area (Å²) in [6, 6.07) is 1.97. The van der Waals surface area contributed by atoms with Crippen LogP contribution in [0.5, 0.6) is 0 Å². The molecular weight excluding hydrogens is 196 g/mol. The van der Waals surface area contributed by atoms with Gasteiger partial charge in [0.15, 0.2) is 5.82 Å². The normalized spacial score (nSPS) is 11.1. The number of anilines is 1. The summed E-state index contributed by atoms with van der Waals surface area (Å²) in [5.41, 5.74) is 2.61. The van der Waals surface area contributed by atoms with Gasteiger partial charge in [-0.15, -0.1) is 11.3 Å². The number of nitrogens with zero attached hydrogens (tertiary/aromatic N) is 2. The maximum Gasteiger partial charge on any atom is 0.152 e. The van der Waals surface area contributed by atoms with E-state index in [4.69, 9.17) is 5.84 Å². The van der Waals surface area contributed by atoms with Crippen molar-refractivity contribution in [3.05, 3.63) is 17.3 Å². The third-order valence-corrected chi connectivity index (χ3v) is 2.80. The Morgan fingerprint density at radius 3 is 2.86 bits per heavy atom. The Labute approximate surface area is 86.1 Å². The summed E-state index contributed by atoms with van der Waals surface area (Å²) in [6.07, 6.45) is 0. The fourth-order valence-corrected chi connectivity index (χ4v) is 2.01. The number of aromatic nitrogens is 2. The van der Waals surface area contributed by atoms with Gasteiger partial charge < -0.3 is 5.43 Å². The van der Waals surface area contributed by atoms with Gasteiger partial charge in [-0.05, 0) is 11.4 Å². The third kappa shape index (κ3) is 1.44. The van der Waals surface area contributed by atoms with E-state index in [2.05, 4.69) is 29.2 Å². The van der Waals surface area contributed by atoms with Crippen molar-refractivity contribution >= 4 is 27.4 Å². The van der Waals surface area contributed by atoms with Crippen LogP contribution < -0.4 is 11.3 Å². The quantitative estimate of drug-likeness (QED) is 0.586. The fourth-order valence-electron chi connectivity index (χ4n) is 1.24. The van der Waals surface area contributed by atoms with Crippen molar-refractivity contribution < 1.29 is 0 Å². The van der Waals surface area contributed by atoms with Gasteiger partial charge in [-0.3, -0.25) is 0 Å². The molecule has 14 heavy (non-hydrogen) atoms. The predicted octanol–water partition coefficient (Wildman–Crippen LogP) is 2.10. The number of fused-ring (bicyclic) bond motifs is 1. The number of hydrazine groups is 1. The molecule has 2 aromatic heterocycles. The van der Waals surface area contributed by atoms with E-state index in [0.29, 0.717) is 11.7 Å². The molecule has 0 saturated carbocycles. The van der Waals surface area contributed by atoms with E-state index in [1.807, 2.05) is 11.4 Å². The van der Waals surface area contributed by atoms with Crippen LogP contribution in [0.3, 0.4) is 0 Å². The predicted molar refractivity (Wildman–Crippen MR) is 59.3 cm³/mol. The first-order valence-electron chi connectivity index (χ1n) is 4.44. The molecule has 0 fully saturated rings. The second kappa shape index (κ2) is 3.51. The van der Waals surface area contributed by atoms with Crippen LogP contribution in [0.1, 0.15) is 25.6 Å². The van der Waals surface area contributed by atoms with Gasteiger partial charge in [-0.2, -0.15) is 0 Å². The smallest absolute Gasteiger partial charge is 0.152 e. The molecular formula is C9H12N4S. The number of nitrogens with one attached hydrogen (secondary N) is 1. The van der Waals surface area contributed by atoms with Crippen molar-refractivity contribution in [2.75, 3.05) is 5.43 Å². The summed E-state index contributed by atoms with van der Waals surface area (Å²) in [5.74, 6) is 7.26.